The second kappa shape index (κ2) is 9.12. The third-order valence-electron chi connectivity index (χ3n) is 5.54. The zero-order chi connectivity index (χ0) is 23.8. The van der Waals surface area contributed by atoms with Crippen molar-refractivity contribution in [1.29, 1.82) is 0 Å². The van der Waals surface area contributed by atoms with Crippen molar-refractivity contribution in [2.45, 2.75) is 30.3 Å². The number of ether oxygens (including phenoxy) is 2. The first-order valence-corrected chi connectivity index (χ1v) is 12.6. The van der Waals surface area contributed by atoms with Crippen molar-refractivity contribution in [3.8, 4) is 11.5 Å². The number of allylic oxidation sites excluding steroid dienone is 1. The predicted octanol–water partition coefficient (Wildman–Crippen LogP) is 3.43. The van der Waals surface area contributed by atoms with Gasteiger partial charge in [-0.3, -0.25) is 4.79 Å². The molecule has 0 saturated heterocycles. The zero-order valence-electron chi connectivity index (χ0n) is 18.6. The van der Waals surface area contributed by atoms with Gasteiger partial charge >= 0.3 is 0 Å². The predicted molar refractivity (Wildman–Crippen MR) is 127 cm³/mol. The lowest BCUT2D eigenvalue weighted by Gasteiger charge is -2.16. The van der Waals surface area contributed by atoms with E-state index in [-0.39, 0.29) is 10.9 Å². The van der Waals surface area contributed by atoms with Crippen LogP contribution in [0.4, 0.5) is 0 Å². The Balaban J connectivity index is 1.71. The Morgan fingerprint density at radius 2 is 1.85 bits per heavy atom. The van der Waals surface area contributed by atoms with E-state index >= 15 is 0 Å². The summed E-state index contributed by atoms with van der Waals surface area (Å²) in [6.07, 6.45) is 3.48. The average molecular weight is 488 g/mol. The molecule has 1 aliphatic rings. The molecule has 1 fully saturated rings. The molecule has 1 heterocycles. The number of fused-ring (bicyclic) bond motifs is 1. The van der Waals surface area contributed by atoms with Gasteiger partial charge in [0.2, 0.25) is 10.0 Å². The van der Waals surface area contributed by atoms with Gasteiger partial charge in [0.15, 0.2) is 16.3 Å². The number of carbonyl (C=O) groups excluding carboxylic acids is 1. The zero-order valence-corrected chi connectivity index (χ0v) is 20.3. The number of aromatic nitrogens is 1. The third kappa shape index (κ3) is 4.46. The van der Waals surface area contributed by atoms with Gasteiger partial charge in [0.1, 0.15) is 0 Å². The molecule has 1 aliphatic carbocycles. The van der Waals surface area contributed by atoms with Gasteiger partial charge in [0.25, 0.3) is 5.91 Å². The molecule has 33 heavy (non-hydrogen) atoms. The van der Waals surface area contributed by atoms with Gasteiger partial charge in [0.05, 0.1) is 29.3 Å². The van der Waals surface area contributed by atoms with Crippen LogP contribution in [0.3, 0.4) is 0 Å². The lowest BCUT2D eigenvalue weighted by molar-refractivity contribution is 0.0997. The summed E-state index contributed by atoms with van der Waals surface area (Å²) in [6, 6.07) is 9.65. The molecule has 0 spiro atoms. The van der Waals surface area contributed by atoms with Crippen LogP contribution in [0.2, 0.25) is 0 Å². The van der Waals surface area contributed by atoms with Crippen LogP contribution in [-0.2, 0) is 16.6 Å². The lowest BCUT2D eigenvalue weighted by atomic mass is 10.2. The summed E-state index contributed by atoms with van der Waals surface area (Å²) in [5, 5.41) is 0. The van der Waals surface area contributed by atoms with Crippen molar-refractivity contribution in [3.63, 3.8) is 0 Å². The second-order valence-electron chi connectivity index (χ2n) is 7.65. The number of nitrogens with zero attached hydrogens (tertiary/aromatic N) is 3. The van der Waals surface area contributed by atoms with Gasteiger partial charge in [-0.15, -0.1) is 6.58 Å². The molecule has 1 amide bonds. The summed E-state index contributed by atoms with van der Waals surface area (Å²) in [7, 11) is 1.15. The summed E-state index contributed by atoms with van der Waals surface area (Å²) < 4.78 is 40.3. The van der Waals surface area contributed by atoms with E-state index in [9.17, 15) is 13.2 Å². The largest absolute Gasteiger partial charge is 0.493 e. The minimum Gasteiger partial charge on any atom is -0.493 e. The van der Waals surface area contributed by atoms with Crippen LogP contribution in [0.25, 0.3) is 10.2 Å². The quantitative estimate of drug-likeness (QED) is 0.454. The summed E-state index contributed by atoms with van der Waals surface area (Å²) in [5.74, 6) is 0.701. The molecular weight excluding hydrogens is 462 g/mol. The number of methoxy groups -OCH3 is 2. The van der Waals surface area contributed by atoms with Crippen molar-refractivity contribution in [1.82, 2.24) is 8.87 Å². The van der Waals surface area contributed by atoms with E-state index in [4.69, 9.17) is 9.47 Å². The van der Waals surface area contributed by atoms with Crippen LogP contribution in [0.1, 0.15) is 23.2 Å². The van der Waals surface area contributed by atoms with E-state index in [0.29, 0.717) is 28.4 Å². The molecule has 0 radical (unpaired) electrons. The van der Waals surface area contributed by atoms with E-state index in [0.717, 1.165) is 23.1 Å². The SMILES string of the molecule is C=CCn1c(=NC(=O)c2ccc(S(=O)(=O)N(C)C3CC3)cc2)sc2cc(OC)c(OC)cc21. The van der Waals surface area contributed by atoms with Crippen molar-refractivity contribution in [2.24, 2.45) is 4.99 Å². The molecular formula is C23H25N3O5S2. The number of rotatable bonds is 8. The van der Waals surface area contributed by atoms with Gasteiger partial charge in [0, 0.05) is 37.3 Å². The summed E-state index contributed by atoms with van der Waals surface area (Å²) in [5.41, 5.74) is 1.15. The number of hydrogen-bond donors (Lipinski definition) is 0. The highest BCUT2D eigenvalue weighted by molar-refractivity contribution is 7.89. The normalized spacial score (nSPS) is 14.6. The maximum atomic E-state index is 12.9. The summed E-state index contributed by atoms with van der Waals surface area (Å²) >= 11 is 1.35. The maximum Gasteiger partial charge on any atom is 0.279 e. The lowest BCUT2D eigenvalue weighted by Crippen LogP contribution is -2.28. The maximum absolute atomic E-state index is 12.9. The highest BCUT2D eigenvalue weighted by atomic mass is 32.2. The van der Waals surface area contributed by atoms with Gasteiger partial charge in [-0.1, -0.05) is 17.4 Å². The van der Waals surface area contributed by atoms with Crippen LogP contribution in [0.15, 0.2) is 58.9 Å². The molecule has 0 atom stereocenters. The molecule has 174 valence electrons. The Bertz CT molecular complexity index is 1380. The Kier molecular flexibility index (Phi) is 6.42. The van der Waals surface area contributed by atoms with Crippen molar-refractivity contribution in [2.75, 3.05) is 21.3 Å². The van der Waals surface area contributed by atoms with Crippen LogP contribution in [0, 0.1) is 0 Å². The first-order valence-electron chi connectivity index (χ1n) is 10.3. The molecule has 3 aromatic rings. The highest BCUT2D eigenvalue weighted by Crippen LogP contribution is 2.33. The number of sulfonamides is 1. The Labute approximate surface area is 196 Å². The minimum atomic E-state index is -3.57. The fourth-order valence-corrected chi connectivity index (χ4v) is 5.97. The van der Waals surface area contributed by atoms with Gasteiger partial charge < -0.3 is 14.0 Å². The van der Waals surface area contributed by atoms with Gasteiger partial charge in [-0.25, -0.2) is 8.42 Å². The van der Waals surface area contributed by atoms with Gasteiger partial charge in [-0.05, 0) is 37.1 Å². The van der Waals surface area contributed by atoms with Crippen molar-refractivity contribution in [3.05, 3.63) is 59.4 Å². The first-order chi connectivity index (χ1) is 15.8. The van der Waals surface area contributed by atoms with Gasteiger partial charge in [-0.2, -0.15) is 9.30 Å². The Hall–Kier alpha value is -2.95. The molecule has 0 bridgehead atoms. The molecule has 0 aliphatic heterocycles. The number of hydrogen-bond acceptors (Lipinski definition) is 6. The molecule has 0 N–H and O–H groups in total. The minimum absolute atomic E-state index is 0.0665. The van der Waals surface area contributed by atoms with E-state index in [2.05, 4.69) is 11.6 Å². The van der Waals surface area contributed by atoms with E-state index in [1.807, 2.05) is 16.7 Å². The van der Waals surface area contributed by atoms with E-state index in [1.54, 1.807) is 27.3 Å². The fourth-order valence-electron chi connectivity index (χ4n) is 3.51. The summed E-state index contributed by atoms with van der Waals surface area (Å²) in [6.45, 7) is 4.25. The molecule has 1 aromatic heterocycles. The Morgan fingerprint density at radius 3 is 2.42 bits per heavy atom. The standard InChI is InChI=1S/C23H25N3O5S2/c1-5-12-26-18-13-19(30-3)20(31-4)14-21(18)32-23(26)24-22(27)15-6-10-17(11-7-15)33(28,29)25(2)16-8-9-16/h5-7,10-11,13-14,16H,1,8-9,12H2,2-4H3. The molecule has 2 aromatic carbocycles. The Morgan fingerprint density at radius 1 is 1.21 bits per heavy atom. The number of benzene rings is 2. The molecule has 1 saturated carbocycles. The van der Waals surface area contributed by atoms with E-state index < -0.39 is 15.9 Å². The van der Waals surface area contributed by atoms with Crippen LogP contribution < -0.4 is 14.3 Å². The highest BCUT2D eigenvalue weighted by Gasteiger charge is 2.35. The number of carbonyl (C=O) groups is 1. The molecule has 4 rings (SSSR count). The van der Waals surface area contributed by atoms with Crippen LogP contribution >= 0.6 is 11.3 Å². The molecule has 8 nitrogen and oxygen atoms in total. The smallest absolute Gasteiger partial charge is 0.279 e. The fraction of sp³-hybridized carbons (Fsp3) is 0.304. The number of thiazole rings is 1. The average Bonchev–Trinajstić information content (AvgIpc) is 3.62. The second-order valence-corrected chi connectivity index (χ2v) is 10.7. The monoisotopic (exact) mass is 487 g/mol. The topological polar surface area (TPSA) is 90.2 Å². The van der Waals surface area contributed by atoms with Crippen molar-refractivity contribution >= 4 is 37.5 Å². The number of amides is 1. The molecule has 0 unspecified atom stereocenters. The first kappa shape index (κ1) is 23.2. The van der Waals surface area contributed by atoms with Crippen molar-refractivity contribution < 1.29 is 22.7 Å². The van der Waals surface area contributed by atoms with Crippen LogP contribution in [-0.4, -0.2) is 50.5 Å². The van der Waals surface area contributed by atoms with E-state index in [1.165, 1.54) is 39.9 Å². The third-order valence-corrected chi connectivity index (χ3v) is 8.50. The summed E-state index contributed by atoms with van der Waals surface area (Å²) in [4.78, 5) is 17.9. The molecule has 10 heteroatoms. The van der Waals surface area contributed by atoms with Crippen LogP contribution in [0.5, 0.6) is 11.5 Å².